The molecule has 2 rings (SSSR count). The van der Waals surface area contributed by atoms with Gasteiger partial charge in [0.15, 0.2) is 0 Å². The molecule has 0 unspecified atom stereocenters. The number of rotatable bonds is 3. The molecule has 0 atom stereocenters. The van der Waals surface area contributed by atoms with Gasteiger partial charge in [-0.2, -0.15) is 5.10 Å². The molecule has 0 aliphatic heterocycles. The quantitative estimate of drug-likeness (QED) is 0.756. The van der Waals surface area contributed by atoms with Gasteiger partial charge in [-0.15, -0.1) is 0 Å². The summed E-state index contributed by atoms with van der Waals surface area (Å²) in [4.78, 5) is 10.9. The van der Waals surface area contributed by atoms with Crippen molar-refractivity contribution in [1.29, 1.82) is 0 Å². The topological polar surface area (TPSA) is 96.2 Å². The number of carbonyl (C=O) groups is 1. The zero-order valence-electron chi connectivity index (χ0n) is 9.25. The van der Waals surface area contributed by atoms with E-state index >= 15 is 0 Å². The monoisotopic (exact) mass is 232 g/mol. The van der Waals surface area contributed by atoms with Gasteiger partial charge in [-0.05, 0) is 18.2 Å². The molecule has 0 saturated heterocycles. The predicted molar refractivity (Wildman–Crippen MR) is 63.0 cm³/mol. The lowest BCUT2D eigenvalue weighted by molar-refractivity contribution is 0.0995. The first-order valence-corrected chi connectivity index (χ1v) is 4.91. The highest BCUT2D eigenvalue weighted by Crippen LogP contribution is 2.23. The Labute approximate surface area is 97.8 Å². The standard InChI is InChI=1S/C11H12N4O2/c1-17-10-6-7(2-3-8(10)12)15-5-4-9(14-15)11(13)16/h2-6H,12H2,1H3,(H2,13,16). The molecule has 1 amide bonds. The minimum absolute atomic E-state index is 0.209. The molecule has 0 aliphatic rings. The molecule has 0 spiro atoms. The Morgan fingerprint density at radius 3 is 2.76 bits per heavy atom. The zero-order valence-corrected chi connectivity index (χ0v) is 9.25. The van der Waals surface area contributed by atoms with Gasteiger partial charge in [0.05, 0.1) is 18.5 Å². The molecular weight excluding hydrogens is 220 g/mol. The Balaban J connectivity index is 2.42. The summed E-state index contributed by atoms with van der Waals surface area (Å²) in [6, 6.07) is 6.76. The van der Waals surface area contributed by atoms with Gasteiger partial charge in [0, 0.05) is 12.3 Å². The third kappa shape index (κ3) is 2.05. The zero-order chi connectivity index (χ0) is 12.4. The number of amides is 1. The number of nitrogens with two attached hydrogens (primary N) is 2. The van der Waals surface area contributed by atoms with Crippen LogP contribution in [0, 0.1) is 0 Å². The van der Waals surface area contributed by atoms with Gasteiger partial charge >= 0.3 is 0 Å². The van der Waals surface area contributed by atoms with Crippen molar-refractivity contribution in [2.24, 2.45) is 5.73 Å². The Bertz CT molecular complexity index is 562. The third-order valence-corrected chi connectivity index (χ3v) is 2.32. The van der Waals surface area contributed by atoms with Crippen molar-refractivity contribution < 1.29 is 9.53 Å². The summed E-state index contributed by atoms with van der Waals surface area (Å²) in [6.45, 7) is 0. The minimum atomic E-state index is -0.564. The Morgan fingerprint density at radius 1 is 1.41 bits per heavy atom. The predicted octanol–water partition coefficient (Wildman–Crippen LogP) is 0.562. The molecule has 1 aromatic heterocycles. The number of ether oxygens (including phenoxy) is 1. The number of nitrogen functional groups attached to an aromatic ring is 1. The van der Waals surface area contributed by atoms with E-state index in [2.05, 4.69) is 5.10 Å². The van der Waals surface area contributed by atoms with Crippen LogP contribution in [0.1, 0.15) is 10.5 Å². The second-order valence-corrected chi connectivity index (χ2v) is 3.44. The van der Waals surface area contributed by atoms with Crippen molar-refractivity contribution >= 4 is 11.6 Å². The van der Waals surface area contributed by atoms with E-state index in [0.29, 0.717) is 11.4 Å². The lowest BCUT2D eigenvalue weighted by Gasteiger charge is -2.07. The van der Waals surface area contributed by atoms with Crippen LogP contribution >= 0.6 is 0 Å². The maximum Gasteiger partial charge on any atom is 0.269 e. The summed E-state index contributed by atoms with van der Waals surface area (Å²) in [5.41, 5.74) is 12.3. The Hall–Kier alpha value is -2.50. The lowest BCUT2D eigenvalue weighted by Crippen LogP contribution is -2.12. The van der Waals surface area contributed by atoms with Crippen molar-refractivity contribution in [3.8, 4) is 11.4 Å². The molecule has 6 nitrogen and oxygen atoms in total. The van der Waals surface area contributed by atoms with Crippen LogP contribution in [-0.2, 0) is 0 Å². The maximum absolute atomic E-state index is 10.9. The van der Waals surface area contributed by atoms with E-state index in [9.17, 15) is 4.79 Å². The number of anilines is 1. The third-order valence-electron chi connectivity index (χ3n) is 2.32. The number of carbonyl (C=O) groups excluding carboxylic acids is 1. The van der Waals surface area contributed by atoms with Crippen molar-refractivity contribution in [3.63, 3.8) is 0 Å². The molecule has 0 bridgehead atoms. The number of hydrogen-bond acceptors (Lipinski definition) is 4. The molecule has 0 fully saturated rings. The first-order chi connectivity index (χ1) is 8.11. The molecule has 0 aliphatic carbocycles. The number of aromatic nitrogens is 2. The number of methoxy groups -OCH3 is 1. The van der Waals surface area contributed by atoms with Crippen molar-refractivity contribution in [2.45, 2.75) is 0 Å². The van der Waals surface area contributed by atoms with Crippen LogP contribution in [0.15, 0.2) is 30.5 Å². The van der Waals surface area contributed by atoms with Gasteiger partial charge in [-0.25, -0.2) is 4.68 Å². The molecule has 1 heterocycles. The fourth-order valence-electron chi connectivity index (χ4n) is 1.44. The van der Waals surface area contributed by atoms with E-state index in [1.165, 1.54) is 11.8 Å². The van der Waals surface area contributed by atoms with Gasteiger partial charge in [0.25, 0.3) is 5.91 Å². The second-order valence-electron chi connectivity index (χ2n) is 3.44. The number of nitrogens with zero attached hydrogens (tertiary/aromatic N) is 2. The molecule has 17 heavy (non-hydrogen) atoms. The summed E-state index contributed by atoms with van der Waals surface area (Å²) in [5.74, 6) is -0.00946. The molecular formula is C11H12N4O2. The molecule has 2 aromatic rings. The Morgan fingerprint density at radius 2 is 2.18 bits per heavy atom. The van der Waals surface area contributed by atoms with E-state index in [4.69, 9.17) is 16.2 Å². The number of benzene rings is 1. The van der Waals surface area contributed by atoms with Crippen molar-refractivity contribution in [3.05, 3.63) is 36.2 Å². The average Bonchev–Trinajstić information content (AvgIpc) is 2.79. The largest absolute Gasteiger partial charge is 0.495 e. The number of primary amides is 1. The normalized spacial score (nSPS) is 10.2. The highest BCUT2D eigenvalue weighted by molar-refractivity contribution is 5.90. The van der Waals surface area contributed by atoms with Gasteiger partial charge in [-0.3, -0.25) is 4.79 Å². The SMILES string of the molecule is COc1cc(-n2ccc(C(N)=O)n2)ccc1N. The average molecular weight is 232 g/mol. The van der Waals surface area contributed by atoms with E-state index in [1.807, 2.05) is 0 Å². The fourth-order valence-corrected chi connectivity index (χ4v) is 1.44. The summed E-state index contributed by atoms with van der Waals surface area (Å²) in [5, 5.41) is 4.03. The van der Waals surface area contributed by atoms with E-state index in [0.717, 1.165) is 5.69 Å². The van der Waals surface area contributed by atoms with E-state index < -0.39 is 5.91 Å². The second kappa shape index (κ2) is 4.17. The van der Waals surface area contributed by atoms with E-state index in [-0.39, 0.29) is 5.69 Å². The van der Waals surface area contributed by atoms with Crippen molar-refractivity contribution in [1.82, 2.24) is 9.78 Å². The van der Waals surface area contributed by atoms with E-state index in [1.54, 1.807) is 30.5 Å². The summed E-state index contributed by atoms with van der Waals surface area (Å²) in [7, 11) is 1.54. The lowest BCUT2D eigenvalue weighted by atomic mass is 10.2. The van der Waals surface area contributed by atoms with Gasteiger partial charge < -0.3 is 16.2 Å². The van der Waals surface area contributed by atoms with Crippen LogP contribution in [0.3, 0.4) is 0 Å². The highest BCUT2D eigenvalue weighted by Gasteiger charge is 2.07. The molecule has 1 aromatic carbocycles. The first kappa shape index (κ1) is 11.0. The van der Waals surface area contributed by atoms with Crippen LogP contribution in [0.2, 0.25) is 0 Å². The molecule has 0 saturated carbocycles. The summed E-state index contributed by atoms with van der Waals surface area (Å²) < 4.78 is 6.63. The molecule has 4 N–H and O–H groups in total. The van der Waals surface area contributed by atoms with Gasteiger partial charge in [0.2, 0.25) is 0 Å². The van der Waals surface area contributed by atoms with Crippen LogP contribution in [0.5, 0.6) is 5.75 Å². The van der Waals surface area contributed by atoms with Crippen LogP contribution < -0.4 is 16.2 Å². The van der Waals surface area contributed by atoms with Gasteiger partial charge in [0.1, 0.15) is 11.4 Å². The molecule has 0 radical (unpaired) electrons. The maximum atomic E-state index is 10.9. The minimum Gasteiger partial charge on any atom is -0.495 e. The molecule has 88 valence electrons. The summed E-state index contributed by atoms with van der Waals surface area (Å²) >= 11 is 0. The van der Waals surface area contributed by atoms with Crippen LogP contribution in [-0.4, -0.2) is 22.8 Å². The summed E-state index contributed by atoms with van der Waals surface area (Å²) in [6.07, 6.45) is 1.64. The van der Waals surface area contributed by atoms with Gasteiger partial charge in [-0.1, -0.05) is 0 Å². The fraction of sp³-hybridized carbons (Fsp3) is 0.0909. The smallest absolute Gasteiger partial charge is 0.269 e. The highest BCUT2D eigenvalue weighted by atomic mass is 16.5. The first-order valence-electron chi connectivity index (χ1n) is 4.91. The van der Waals surface area contributed by atoms with Crippen molar-refractivity contribution in [2.75, 3.05) is 12.8 Å². The molecule has 6 heteroatoms. The number of hydrogen-bond donors (Lipinski definition) is 2. The van der Waals surface area contributed by atoms with Crippen LogP contribution in [0.4, 0.5) is 5.69 Å². The Kier molecular flexibility index (Phi) is 2.70. The van der Waals surface area contributed by atoms with Crippen LogP contribution in [0.25, 0.3) is 5.69 Å².